The number of aryl methyl sites for hydroxylation is 1. The Morgan fingerprint density at radius 1 is 1.29 bits per heavy atom. The fraction of sp³-hybridized carbons (Fsp3) is 0.316. The summed E-state index contributed by atoms with van der Waals surface area (Å²) in [7, 11) is 1.87. The Hall–Kier alpha value is -2.68. The van der Waals surface area contributed by atoms with Gasteiger partial charge in [-0.2, -0.15) is 10.2 Å². The largest absolute Gasteiger partial charge is 0.322 e. The molecule has 0 unspecified atom stereocenters. The van der Waals surface area contributed by atoms with E-state index in [9.17, 15) is 4.79 Å². The van der Waals surface area contributed by atoms with Gasteiger partial charge in [0.1, 0.15) is 0 Å². The standard InChI is InChI=1S/C19H22ClN7O/c1-25-18(13-26-9-6-21-7-10-26)15(12-23-25)19(28)24-14-3-4-17(16(20)11-14)27-8-2-5-22-27/h2-5,8,11-12,21H,6-7,9-10,13H2,1H3,(H,24,28). The number of nitrogens with zero attached hydrogens (tertiary/aromatic N) is 5. The molecule has 0 atom stereocenters. The highest BCUT2D eigenvalue weighted by molar-refractivity contribution is 6.32. The van der Waals surface area contributed by atoms with Crippen LogP contribution in [0.25, 0.3) is 5.69 Å². The van der Waals surface area contributed by atoms with E-state index in [2.05, 4.69) is 25.7 Å². The fourth-order valence-corrected chi connectivity index (χ4v) is 3.57. The van der Waals surface area contributed by atoms with Crippen LogP contribution in [0.4, 0.5) is 5.69 Å². The molecule has 0 bridgehead atoms. The van der Waals surface area contributed by atoms with Crippen molar-refractivity contribution in [1.82, 2.24) is 29.8 Å². The van der Waals surface area contributed by atoms with Gasteiger partial charge in [-0.05, 0) is 24.3 Å². The van der Waals surface area contributed by atoms with Gasteiger partial charge in [0, 0.05) is 57.9 Å². The monoisotopic (exact) mass is 399 g/mol. The molecule has 0 spiro atoms. The van der Waals surface area contributed by atoms with Crippen LogP contribution in [0.3, 0.4) is 0 Å². The zero-order valence-corrected chi connectivity index (χ0v) is 16.4. The molecule has 0 radical (unpaired) electrons. The molecule has 1 saturated heterocycles. The summed E-state index contributed by atoms with van der Waals surface area (Å²) in [4.78, 5) is 15.2. The molecule has 1 aromatic carbocycles. The lowest BCUT2D eigenvalue weighted by Crippen LogP contribution is -2.43. The molecule has 1 fully saturated rings. The van der Waals surface area contributed by atoms with E-state index in [0.29, 0.717) is 22.8 Å². The number of carbonyl (C=O) groups excluding carboxylic acids is 1. The van der Waals surface area contributed by atoms with Crippen LogP contribution in [0.5, 0.6) is 0 Å². The SMILES string of the molecule is Cn1ncc(C(=O)Nc2ccc(-n3cccn3)c(Cl)c2)c1CN1CCNCC1. The smallest absolute Gasteiger partial charge is 0.259 e. The van der Waals surface area contributed by atoms with Crippen molar-refractivity contribution >= 4 is 23.2 Å². The van der Waals surface area contributed by atoms with E-state index in [1.54, 1.807) is 27.8 Å². The number of carbonyl (C=O) groups is 1. The van der Waals surface area contributed by atoms with Gasteiger partial charge in [-0.1, -0.05) is 11.6 Å². The van der Waals surface area contributed by atoms with Gasteiger partial charge in [0.2, 0.25) is 0 Å². The van der Waals surface area contributed by atoms with Gasteiger partial charge >= 0.3 is 0 Å². The summed E-state index contributed by atoms with van der Waals surface area (Å²) < 4.78 is 3.45. The van der Waals surface area contributed by atoms with Crippen LogP contribution in [0, 0.1) is 0 Å². The van der Waals surface area contributed by atoms with Gasteiger partial charge in [0.25, 0.3) is 5.91 Å². The first-order valence-electron chi connectivity index (χ1n) is 9.16. The van der Waals surface area contributed by atoms with E-state index in [4.69, 9.17) is 11.6 Å². The lowest BCUT2D eigenvalue weighted by Gasteiger charge is -2.27. The zero-order valence-electron chi connectivity index (χ0n) is 15.6. The molecule has 2 N–H and O–H groups in total. The minimum Gasteiger partial charge on any atom is -0.322 e. The molecule has 8 nitrogen and oxygen atoms in total. The molecule has 1 amide bonds. The number of nitrogens with one attached hydrogen (secondary N) is 2. The minimum absolute atomic E-state index is 0.193. The second-order valence-electron chi connectivity index (χ2n) is 6.73. The third-order valence-corrected chi connectivity index (χ3v) is 5.15. The molecule has 0 aliphatic carbocycles. The molecule has 3 heterocycles. The van der Waals surface area contributed by atoms with Gasteiger partial charge in [0.05, 0.1) is 28.2 Å². The molecule has 2 aromatic heterocycles. The average Bonchev–Trinajstić information content (AvgIpc) is 3.34. The molecule has 1 aliphatic rings. The first-order chi connectivity index (χ1) is 13.6. The summed E-state index contributed by atoms with van der Waals surface area (Å²) >= 11 is 6.37. The minimum atomic E-state index is -0.193. The molecule has 28 heavy (non-hydrogen) atoms. The van der Waals surface area contributed by atoms with Crippen molar-refractivity contribution in [3.63, 3.8) is 0 Å². The van der Waals surface area contributed by atoms with Gasteiger partial charge < -0.3 is 10.6 Å². The molecule has 3 aromatic rings. The Morgan fingerprint density at radius 3 is 2.82 bits per heavy atom. The van der Waals surface area contributed by atoms with Gasteiger partial charge in [-0.15, -0.1) is 0 Å². The van der Waals surface area contributed by atoms with Crippen LogP contribution in [-0.4, -0.2) is 56.5 Å². The van der Waals surface area contributed by atoms with E-state index < -0.39 is 0 Å². The summed E-state index contributed by atoms with van der Waals surface area (Å²) in [5, 5.41) is 15.2. The third kappa shape index (κ3) is 3.94. The van der Waals surface area contributed by atoms with Crippen molar-refractivity contribution in [1.29, 1.82) is 0 Å². The summed E-state index contributed by atoms with van der Waals surface area (Å²) in [6, 6.07) is 7.19. The maximum Gasteiger partial charge on any atom is 0.259 e. The first-order valence-corrected chi connectivity index (χ1v) is 9.54. The fourth-order valence-electron chi connectivity index (χ4n) is 3.30. The zero-order chi connectivity index (χ0) is 19.5. The highest BCUT2D eigenvalue weighted by Crippen LogP contribution is 2.24. The molecule has 1 aliphatic heterocycles. The Bertz CT molecular complexity index is 961. The number of aromatic nitrogens is 4. The number of hydrogen-bond donors (Lipinski definition) is 2. The number of piperazine rings is 1. The average molecular weight is 400 g/mol. The molecule has 146 valence electrons. The Balaban J connectivity index is 1.50. The van der Waals surface area contributed by atoms with E-state index in [0.717, 1.165) is 37.6 Å². The number of hydrogen-bond acceptors (Lipinski definition) is 5. The molecule has 4 rings (SSSR count). The number of rotatable bonds is 5. The summed E-state index contributed by atoms with van der Waals surface area (Å²) in [5.74, 6) is -0.193. The summed E-state index contributed by atoms with van der Waals surface area (Å²) in [5.41, 5.74) is 2.86. The van der Waals surface area contributed by atoms with Crippen molar-refractivity contribution in [2.24, 2.45) is 7.05 Å². The second kappa shape index (κ2) is 8.14. The number of halogens is 1. The number of benzene rings is 1. The van der Waals surface area contributed by atoms with Gasteiger partial charge in [-0.25, -0.2) is 4.68 Å². The van der Waals surface area contributed by atoms with Crippen LogP contribution in [0.2, 0.25) is 5.02 Å². The van der Waals surface area contributed by atoms with Crippen LogP contribution < -0.4 is 10.6 Å². The first kappa shape index (κ1) is 18.7. The molecule has 9 heteroatoms. The van der Waals surface area contributed by atoms with Crippen molar-refractivity contribution in [2.45, 2.75) is 6.54 Å². The second-order valence-corrected chi connectivity index (χ2v) is 7.13. The predicted octanol–water partition coefficient (Wildman–Crippen LogP) is 1.92. The van der Waals surface area contributed by atoms with E-state index >= 15 is 0 Å². The Morgan fingerprint density at radius 2 is 2.11 bits per heavy atom. The molecular weight excluding hydrogens is 378 g/mol. The van der Waals surface area contributed by atoms with Crippen LogP contribution in [0.1, 0.15) is 16.1 Å². The lowest BCUT2D eigenvalue weighted by atomic mass is 10.2. The highest BCUT2D eigenvalue weighted by Gasteiger charge is 2.20. The number of amides is 1. The maximum atomic E-state index is 12.9. The van der Waals surface area contributed by atoms with E-state index in [1.807, 2.05) is 31.4 Å². The van der Waals surface area contributed by atoms with Crippen molar-refractivity contribution in [3.05, 3.63) is 59.1 Å². The maximum absolute atomic E-state index is 12.9. The lowest BCUT2D eigenvalue weighted by molar-refractivity contribution is 0.102. The predicted molar refractivity (Wildman–Crippen MR) is 108 cm³/mol. The van der Waals surface area contributed by atoms with E-state index in [1.165, 1.54) is 0 Å². The van der Waals surface area contributed by atoms with E-state index in [-0.39, 0.29) is 5.91 Å². The normalized spacial score (nSPS) is 14.9. The van der Waals surface area contributed by atoms with Crippen molar-refractivity contribution in [3.8, 4) is 5.69 Å². The molecular formula is C19H22ClN7O. The third-order valence-electron chi connectivity index (χ3n) is 4.85. The van der Waals surface area contributed by atoms with Crippen LogP contribution in [0.15, 0.2) is 42.9 Å². The van der Waals surface area contributed by atoms with Gasteiger partial charge in [-0.3, -0.25) is 14.4 Å². The topological polar surface area (TPSA) is 80.0 Å². The van der Waals surface area contributed by atoms with Crippen molar-refractivity contribution < 1.29 is 4.79 Å². The summed E-state index contributed by atoms with van der Waals surface area (Å²) in [6.45, 7) is 4.52. The summed E-state index contributed by atoms with van der Waals surface area (Å²) in [6.07, 6.45) is 5.12. The van der Waals surface area contributed by atoms with Gasteiger partial charge in [0.15, 0.2) is 0 Å². The Labute approximate surface area is 168 Å². The highest BCUT2D eigenvalue weighted by atomic mass is 35.5. The van der Waals surface area contributed by atoms with Crippen molar-refractivity contribution in [2.75, 3.05) is 31.5 Å². The quantitative estimate of drug-likeness (QED) is 0.685. The number of anilines is 1. The Kier molecular flexibility index (Phi) is 5.43. The molecule has 0 saturated carbocycles. The van der Waals surface area contributed by atoms with Crippen LogP contribution >= 0.6 is 11.6 Å². The van der Waals surface area contributed by atoms with Crippen LogP contribution in [-0.2, 0) is 13.6 Å².